The standard InChI is InChI=1S/C23H31N5O/c1-17-13-18(2)28-23(26-17)20(15-25-28)14-24-16-22(27-11-5-4-6-12-27)19-7-9-21(29-3)10-8-19/h7-10,13,15,22,24H,4-6,11-12,14,16H2,1-3H3. The van der Waals surface area contributed by atoms with Gasteiger partial charge in [-0.15, -0.1) is 0 Å². The van der Waals surface area contributed by atoms with Crippen molar-refractivity contribution in [1.29, 1.82) is 0 Å². The molecule has 1 aromatic carbocycles. The first kappa shape index (κ1) is 19.9. The molecule has 1 fully saturated rings. The zero-order valence-corrected chi connectivity index (χ0v) is 17.7. The van der Waals surface area contributed by atoms with Crippen molar-refractivity contribution in [3.8, 4) is 5.75 Å². The van der Waals surface area contributed by atoms with Gasteiger partial charge in [0.15, 0.2) is 5.65 Å². The predicted molar refractivity (Wildman–Crippen MR) is 115 cm³/mol. The van der Waals surface area contributed by atoms with E-state index < -0.39 is 0 Å². The monoisotopic (exact) mass is 393 g/mol. The summed E-state index contributed by atoms with van der Waals surface area (Å²) in [6.07, 6.45) is 5.84. The van der Waals surface area contributed by atoms with Gasteiger partial charge >= 0.3 is 0 Å². The Balaban J connectivity index is 1.49. The lowest BCUT2D eigenvalue weighted by Crippen LogP contribution is -2.39. The van der Waals surface area contributed by atoms with Gasteiger partial charge in [-0.05, 0) is 63.5 Å². The highest BCUT2D eigenvalue weighted by molar-refractivity contribution is 5.47. The zero-order valence-electron chi connectivity index (χ0n) is 17.7. The number of piperidine rings is 1. The molecule has 1 aliphatic heterocycles. The number of benzene rings is 1. The quantitative estimate of drug-likeness (QED) is 0.664. The Bertz CT molecular complexity index is 944. The molecule has 1 N–H and O–H groups in total. The lowest BCUT2D eigenvalue weighted by molar-refractivity contribution is 0.160. The molecule has 0 bridgehead atoms. The molecule has 0 aliphatic carbocycles. The molecule has 4 rings (SSSR count). The van der Waals surface area contributed by atoms with Crippen LogP contribution in [-0.4, -0.2) is 46.2 Å². The summed E-state index contributed by atoms with van der Waals surface area (Å²) in [6, 6.07) is 10.9. The highest BCUT2D eigenvalue weighted by Crippen LogP contribution is 2.26. The minimum Gasteiger partial charge on any atom is -0.497 e. The minimum atomic E-state index is 0.361. The number of hydrogen-bond donors (Lipinski definition) is 1. The van der Waals surface area contributed by atoms with Gasteiger partial charge in [-0.2, -0.15) is 5.10 Å². The SMILES string of the molecule is COc1ccc(C(CNCc2cnn3c(C)cc(C)nc23)N2CCCCC2)cc1. The first-order valence-corrected chi connectivity index (χ1v) is 10.6. The van der Waals surface area contributed by atoms with E-state index in [9.17, 15) is 0 Å². The maximum Gasteiger partial charge on any atom is 0.159 e. The highest BCUT2D eigenvalue weighted by atomic mass is 16.5. The molecule has 1 atom stereocenters. The molecule has 1 saturated heterocycles. The zero-order chi connectivity index (χ0) is 20.2. The number of ether oxygens (including phenoxy) is 1. The molecule has 6 heteroatoms. The van der Waals surface area contributed by atoms with E-state index >= 15 is 0 Å². The van der Waals surface area contributed by atoms with Gasteiger partial charge in [0.25, 0.3) is 0 Å². The van der Waals surface area contributed by atoms with E-state index in [0.29, 0.717) is 6.04 Å². The molecule has 3 aromatic rings. The van der Waals surface area contributed by atoms with Crippen LogP contribution in [0.15, 0.2) is 36.5 Å². The number of aromatic nitrogens is 3. The second kappa shape index (κ2) is 8.93. The Labute approximate surface area is 172 Å². The van der Waals surface area contributed by atoms with Crippen molar-refractivity contribution in [2.75, 3.05) is 26.7 Å². The Kier molecular flexibility index (Phi) is 6.11. The number of methoxy groups -OCH3 is 1. The Morgan fingerprint density at radius 2 is 1.86 bits per heavy atom. The van der Waals surface area contributed by atoms with Crippen LogP contribution < -0.4 is 10.1 Å². The summed E-state index contributed by atoms with van der Waals surface area (Å²) in [6.45, 7) is 8.09. The summed E-state index contributed by atoms with van der Waals surface area (Å²) in [5, 5.41) is 8.19. The number of aryl methyl sites for hydroxylation is 2. The van der Waals surface area contributed by atoms with E-state index in [-0.39, 0.29) is 0 Å². The van der Waals surface area contributed by atoms with Crippen LogP contribution in [0.2, 0.25) is 0 Å². The lowest BCUT2D eigenvalue weighted by Gasteiger charge is -2.35. The van der Waals surface area contributed by atoms with Crippen molar-refractivity contribution in [2.45, 2.75) is 45.7 Å². The van der Waals surface area contributed by atoms with Gasteiger partial charge in [0.1, 0.15) is 5.75 Å². The molecule has 6 nitrogen and oxygen atoms in total. The largest absolute Gasteiger partial charge is 0.497 e. The molecule has 29 heavy (non-hydrogen) atoms. The van der Waals surface area contributed by atoms with E-state index in [1.54, 1.807) is 7.11 Å². The van der Waals surface area contributed by atoms with Gasteiger partial charge in [-0.3, -0.25) is 4.90 Å². The van der Waals surface area contributed by atoms with E-state index in [2.05, 4.69) is 52.6 Å². The fourth-order valence-electron chi connectivity index (χ4n) is 4.30. The second-order valence-corrected chi connectivity index (χ2v) is 7.96. The molecule has 1 aliphatic rings. The third-order valence-electron chi connectivity index (χ3n) is 5.84. The van der Waals surface area contributed by atoms with E-state index in [1.807, 2.05) is 17.6 Å². The van der Waals surface area contributed by atoms with Crippen LogP contribution in [0.25, 0.3) is 5.65 Å². The number of nitrogens with one attached hydrogen (secondary N) is 1. The van der Waals surface area contributed by atoms with Crippen LogP contribution >= 0.6 is 0 Å². The summed E-state index contributed by atoms with van der Waals surface area (Å²) in [5.74, 6) is 0.905. The average molecular weight is 394 g/mol. The first-order chi connectivity index (χ1) is 14.2. The Morgan fingerprint density at radius 3 is 2.59 bits per heavy atom. The fourth-order valence-corrected chi connectivity index (χ4v) is 4.30. The molecule has 0 radical (unpaired) electrons. The van der Waals surface area contributed by atoms with Crippen LogP contribution in [0.5, 0.6) is 5.75 Å². The molecule has 3 heterocycles. The number of rotatable bonds is 7. The van der Waals surface area contributed by atoms with Gasteiger partial charge in [-0.1, -0.05) is 18.6 Å². The van der Waals surface area contributed by atoms with Crippen LogP contribution in [0.4, 0.5) is 0 Å². The van der Waals surface area contributed by atoms with Crippen molar-refractivity contribution in [3.05, 3.63) is 59.0 Å². The molecule has 0 spiro atoms. The van der Waals surface area contributed by atoms with Gasteiger partial charge in [0.05, 0.1) is 13.3 Å². The van der Waals surface area contributed by atoms with Crippen molar-refractivity contribution < 1.29 is 4.74 Å². The van der Waals surface area contributed by atoms with Crippen molar-refractivity contribution in [3.63, 3.8) is 0 Å². The van der Waals surface area contributed by atoms with Gasteiger partial charge in [-0.25, -0.2) is 9.50 Å². The van der Waals surface area contributed by atoms with Crippen LogP contribution in [-0.2, 0) is 6.54 Å². The van der Waals surface area contributed by atoms with E-state index in [1.165, 1.54) is 24.8 Å². The van der Waals surface area contributed by atoms with Gasteiger partial charge in [0.2, 0.25) is 0 Å². The van der Waals surface area contributed by atoms with E-state index in [4.69, 9.17) is 9.72 Å². The first-order valence-electron chi connectivity index (χ1n) is 10.6. The van der Waals surface area contributed by atoms with Crippen LogP contribution in [0.1, 0.15) is 47.8 Å². The van der Waals surface area contributed by atoms with Gasteiger partial charge in [0, 0.05) is 36.1 Å². The number of nitrogens with zero attached hydrogens (tertiary/aromatic N) is 4. The van der Waals surface area contributed by atoms with Crippen LogP contribution in [0.3, 0.4) is 0 Å². The predicted octanol–water partition coefficient (Wildman–Crippen LogP) is 3.67. The lowest BCUT2D eigenvalue weighted by atomic mass is 10.0. The normalized spacial score (nSPS) is 16.2. The smallest absolute Gasteiger partial charge is 0.159 e. The maximum atomic E-state index is 5.34. The molecule has 0 amide bonds. The summed E-state index contributed by atoms with van der Waals surface area (Å²) in [4.78, 5) is 7.31. The Morgan fingerprint density at radius 1 is 1.10 bits per heavy atom. The summed E-state index contributed by atoms with van der Waals surface area (Å²) < 4.78 is 7.27. The van der Waals surface area contributed by atoms with E-state index in [0.717, 1.165) is 54.5 Å². The molecule has 2 aromatic heterocycles. The molecule has 0 saturated carbocycles. The van der Waals surface area contributed by atoms with Crippen molar-refractivity contribution >= 4 is 5.65 Å². The number of hydrogen-bond acceptors (Lipinski definition) is 5. The average Bonchev–Trinajstić information content (AvgIpc) is 3.15. The fraction of sp³-hybridized carbons (Fsp3) is 0.478. The summed E-state index contributed by atoms with van der Waals surface area (Å²) in [5.41, 5.74) is 5.58. The molecular weight excluding hydrogens is 362 g/mol. The second-order valence-electron chi connectivity index (χ2n) is 7.96. The summed E-state index contributed by atoms with van der Waals surface area (Å²) >= 11 is 0. The third kappa shape index (κ3) is 4.43. The number of likely N-dealkylation sites (tertiary alicyclic amines) is 1. The van der Waals surface area contributed by atoms with Crippen LogP contribution in [0, 0.1) is 13.8 Å². The third-order valence-corrected chi connectivity index (χ3v) is 5.84. The molecular formula is C23H31N5O. The summed E-state index contributed by atoms with van der Waals surface area (Å²) in [7, 11) is 1.71. The van der Waals surface area contributed by atoms with Crippen molar-refractivity contribution in [1.82, 2.24) is 24.8 Å². The van der Waals surface area contributed by atoms with Gasteiger partial charge < -0.3 is 10.1 Å². The highest BCUT2D eigenvalue weighted by Gasteiger charge is 2.22. The Hall–Kier alpha value is -2.44. The maximum absolute atomic E-state index is 5.34. The van der Waals surface area contributed by atoms with Crippen molar-refractivity contribution in [2.24, 2.45) is 0 Å². The minimum absolute atomic E-state index is 0.361. The molecule has 1 unspecified atom stereocenters. The topological polar surface area (TPSA) is 54.7 Å². The number of fused-ring (bicyclic) bond motifs is 1. The molecule has 154 valence electrons.